The number of aromatic nitrogens is 4. The fourth-order valence-corrected chi connectivity index (χ4v) is 3.46. The van der Waals surface area contributed by atoms with E-state index in [9.17, 15) is 4.79 Å². The van der Waals surface area contributed by atoms with Crippen LogP contribution in [0.2, 0.25) is 0 Å². The highest BCUT2D eigenvalue weighted by atomic mass is 16.2. The van der Waals surface area contributed by atoms with Crippen LogP contribution in [0.1, 0.15) is 46.4 Å². The van der Waals surface area contributed by atoms with E-state index in [1.807, 2.05) is 11.8 Å². The van der Waals surface area contributed by atoms with Gasteiger partial charge in [-0.1, -0.05) is 20.8 Å². The van der Waals surface area contributed by atoms with E-state index in [0.717, 1.165) is 55.3 Å². The van der Waals surface area contributed by atoms with Crippen LogP contribution < -0.4 is 5.32 Å². The molecule has 3 rings (SSSR count). The molecule has 3 heterocycles. The lowest BCUT2D eigenvalue weighted by atomic mass is 10.1. The highest BCUT2D eigenvalue weighted by Gasteiger charge is 2.26. The first kappa shape index (κ1) is 17.6. The number of nitrogens with zero attached hydrogens (tertiary/aromatic N) is 5. The number of rotatable bonds is 6. The lowest BCUT2D eigenvalue weighted by Gasteiger charge is -2.16. The molecule has 136 valence electrons. The normalized spacial score (nSPS) is 17.6. The third-order valence-corrected chi connectivity index (χ3v) is 4.70. The summed E-state index contributed by atoms with van der Waals surface area (Å²) >= 11 is 0. The van der Waals surface area contributed by atoms with Crippen molar-refractivity contribution < 1.29 is 4.79 Å². The van der Waals surface area contributed by atoms with Gasteiger partial charge < -0.3 is 14.8 Å². The number of likely N-dealkylation sites (tertiary alicyclic amines) is 1. The number of hydrogen-bond acceptors (Lipinski definition) is 5. The first-order valence-electron chi connectivity index (χ1n) is 9.27. The fourth-order valence-electron chi connectivity index (χ4n) is 3.46. The number of amides is 1. The Hall–Kier alpha value is -2.18. The second-order valence-electron chi connectivity index (χ2n) is 7.09. The number of fused-ring (bicyclic) bond motifs is 1. The highest BCUT2D eigenvalue weighted by Crippen LogP contribution is 2.24. The van der Waals surface area contributed by atoms with Crippen LogP contribution in [0.15, 0.2) is 6.33 Å². The Morgan fingerprint density at radius 1 is 1.36 bits per heavy atom. The molecule has 1 amide bonds. The number of imidazole rings is 1. The lowest BCUT2D eigenvalue weighted by Crippen LogP contribution is -2.31. The van der Waals surface area contributed by atoms with Crippen molar-refractivity contribution >= 4 is 22.9 Å². The zero-order valence-electron chi connectivity index (χ0n) is 15.6. The first-order valence-corrected chi connectivity index (χ1v) is 9.27. The van der Waals surface area contributed by atoms with E-state index >= 15 is 0 Å². The van der Waals surface area contributed by atoms with E-state index < -0.39 is 0 Å². The molecule has 1 aliphatic rings. The van der Waals surface area contributed by atoms with Crippen molar-refractivity contribution in [2.75, 3.05) is 18.4 Å². The standard InChI is InChI=1S/C18H28N6O/c1-5-15(25)23-8-7-13(10-23)21-17-16-18(20-11-19-17)24(6-2)14(22-16)9-12(3)4/h11-13H,5-10H2,1-4H3,(H,19,20,21)/t13-/m0/s1. The SMILES string of the molecule is CCC(=O)N1CC[C@H](Nc2ncnc3c2nc(CC(C)C)n3CC)C1. The van der Waals surface area contributed by atoms with Gasteiger partial charge in [0.1, 0.15) is 12.2 Å². The Labute approximate surface area is 148 Å². The Bertz CT molecular complexity index is 753. The van der Waals surface area contributed by atoms with E-state index in [0.29, 0.717) is 12.3 Å². The number of hydrogen-bond donors (Lipinski definition) is 1. The van der Waals surface area contributed by atoms with Gasteiger partial charge in [-0.25, -0.2) is 15.0 Å². The summed E-state index contributed by atoms with van der Waals surface area (Å²) in [5.41, 5.74) is 1.72. The summed E-state index contributed by atoms with van der Waals surface area (Å²) in [4.78, 5) is 27.5. The third-order valence-electron chi connectivity index (χ3n) is 4.70. The quantitative estimate of drug-likeness (QED) is 0.871. The van der Waals surface area contributed by atoms with Gasteiger partial charge in [0.25, 0.3) is 0 Å². The lowest BCUT2D eigenvalue weighted by molar-refractivity contribution is -0.129. The van der Waals surface area contributed by atoms with Gasteiger partial charge in [0, 0.05) is 38.5 Å². The Morgan fingerprint density at radius 2 is 2.16 bits per heavy atom. The number of nitrogens with one attached hydrogen (secondary N) is 1. The Balaban J connectivity index is 1.85. The zero-order valence-corrected chi connectivity index (χ0v) is 15.6. The molecule has 2 aromatic heterocycles. The van der Waals surface area contributed by atoms with Gasteiger partial charge in [-0.05, 0) is 19.3 Å². The summed E-state index contributed by atoms with van der Waals surface area (Å²) < 4.78 is 2.17. The van der Waals surface area contributed by atoms with Crippen LogP contribution in [0, 0.1) is 5.92 Å². The maximum Gasteiger partial charge on any atom is 0.222 e. The van der Waals surface area contributed by atoms with Gasteiger partial charge in [-0.3, -0.25) is 4.79 Å². The minimum atomic E-state index is 0.214. The number of anilines is 1. The van der Waals surface area contributed by atoms with Gasteiger partial charge in [0.05, 0.1) is 0 Å². The largest absolute Gasteiger partial charge is 0.364 e. The van der Waals surface area contributed by atoms with Crippen LogP contribution in [0.4, 0.5) is 5.82 Å². The Kier molecular flexibility index (Phi) is 5.20. The van der Waals surface area contributed by atoms with Crippen molar-refractivity contribution in [1.29, 1.82) is 0 Å². The van der Waals surface area contributed by atoms with Crippen LogP contribution in [-0.4, -0.2) is 49.5 Å². The Morgan fingerprint density at radius 3 is 2.84 bits per heavy atom. The molecule has 1 N–H and O–H groups in total. The third kappa shape index (κ3) is 3.60. The van der Waals surface area contributed by atoms with Crippen LogP contribution in [0.25, 0.3) is 11.2 Å². The molecular formula is C18H28N6O. The van der Waals surface area contributed by atoms with Gasteiger partial charge in [0.15, 0.2) is 17.0 Å². The molecule has 1 saturated heterocycles. The van der Waals surface area contributed by atoms with Gasteiger partial charge in [0.2, 0.25) is 5.91 Å². The smallest absolute Gasteiger partial charge is 0.222 e. The zero-order chi connectivity index (χ0) is 18.0. The van der Waals surface area contributed by atoms with E-state index in [-0.39, 0.29) is 11.9 Å². The van der Waals surface area contributed by atoms with Crippen molar-refractivity contribution in [1.82, 2.24) is 24.4 Å². The maximum atomic E-state index is 11.9. The van der Waals surface area contributed by atoms with Crippen molar-refractivity contribution in [3.05, 3.63) is 12.2 Å². The van der Waals surface area contributed by atoms with E-state index in [4.69, 9.17) is 4.98 Å². The van der Waals surface area contributed by atoms with Gasteiger partial charge in [-0.15, -0.1) is 0 Å². The minimum absolute atomic E-state index is 0.214. The van der Waals surface area contributed by atoms with Crippen LogP contribution >= 0.6 is 0 Å². The molecule has 1 atom stereocenters. The topological polar surface area (TPSA) is 75.9 Å². The number of carbonyl (C=O) groups is 1. The van der Waals surface area contributed by atoms with E-state index in [2.05, 4.69) is 40.6 Å². The predicted molar refractivity (Wildman–Crippen MR) is 98.4 cm³/mol. The second-order valence-corrected chi connectivity index (χ2v) is 7.09. The second kappa shape index (κ2) is 7.37. The molecular weight excluding hydrogens is 316 g/mol. The van der Waals surface area contributed by atoms with Gasteiger partial charge in [-0.2, -0.15) is 0 Å². The molecule has 25 heavy (non-hydrogen) atoms. The van der Waals surface area contributed by atoms with Crippen molar-refractivity contribution in [3.8, 4) is 0 Å². The van der Waals surface area contributed by atoms with Gasteiger partial charge >= 0.3 is 0 Å². The van der Waals surface area contributed by atoms with Crippen molar-refractivity contribution in [2.45, 2.75) is 59.5 Å². The van der Waals surface area contributed by atoms with Crippen LogP contribution in [0.5, 0.6) is 0 Å². The van der Waals surface area contributed by atoms with Crippen molar-refractivity contribution in [3.63, 3.8) is 0 Å². The maximum absolute atomic E-state index is 11.9. The predicted octanol–water partition coefficient (Wildman–Crippen LogP) is 2.47. The molecule has 7 nitrogen and oxygen atoms in total. The fraction of sp³-hybridized carbons (Fsp3) is 0.667. The van der Waals surface area contributed by atoms with E-state index in [1.165, 1.54) is 0 Å². The molecule has 0 bridgehead atoms. The summed E-state index contributed by atoms with van der Waals surface area (Å²) in [5.74, 6) is 2.59. The van der Waals surface area contributed by atoms with Crippen LogP contribution in [-0.2, 0) is 17.8 Å². The highest BCUT2D eigenvalue weighted by molar-refractivity contribution is 5.83. The van der Waals surface area contributed by atoms with E-state index in [1.54, 1.807) is 6.33 Å². The first-order chi connectivity index (χ1) is 12.0. The summed E-state index contributed by atoms with van der Waals surface area (Å²) in [6.07, 6.45) is 4.02. The number of aryl methyl sites for hydroxylation is 1. The molecule has 1 aliphatic heterocycles. The monoisotopic (exact) mass is 344 g/mol. The summed E-state index contributed by atoms with van der Waals surface area (Å²) in [6, 6.07) is 0.217. The molecule has 0 radical (unpaired) electrons. The molecule has 0 spiro atoms. The molecule has 0 unspecified atom stereocenters. The molecule has 7 heteroatoms. The molecule has 0 aromatic carbocycles. The average Bonchev–Trinajstić information content (AvgIpc) is 3.18. The summed E-state index contributed by atoms with van der Waals surface area (Å²) in [7, 11) is 0. The van der Waals surface area contributed by atoms with Crippen LogP contribution in [0.3, 0.4) is 0 Å². The molecule has 0 aliphatic carbocycles. The number of carbonyl (C=O) groups excluding carboxylic acids is 1. The minimum Gasteiger partial charge on any atom is -0.364 e. The van der Waals surface area contributed by atoms with Crippen molar-refractivity contribution in [2.24, 2.45) is 5.92 Å². The molecule has 2 aromatic rings. The average molecular weight is 344 g/mol. The summed E-state index contributed by atoms with van der Waals surface area (Å²) in [5, 5.41) is 3.49. The summed E-state index contributed by atoms with van der Waals surface area (Å²) in [6.45, 7) is 10.8. The molecule has 1 fully saturated rings. The molecule has 0 saturated carbocycles.